The summed E-state index contributed by atoms with van der Waals surface area (Å²) in [5, 5.41) is 10.6. The molecule has 2 heterocycles. The quantitative estimate of drug-likeness (QED) is 0.735. The van der Waals surface area contributed by atoms with E-state index in [2.05, 4.69) is 4.90 Å². The predicted octanol–water partition coefficient (Wildman–Crippen LogP) is 0.862. The Morgan fingerprint density at radius 2 is 1.85 bits per heavy atom. The standard InChI is InChI=1S/C15H28N2O3/c1-2-20-12-5-14(18)17-10-6-15(19,7-11-17)13-16-8-3-4-9-16/h19H,2-13H2,1H3. The average Bonchev–Trinajstić information content (AvgIpc) is 2.92. The molecule has 2 saturated heterocycles. The Balaban J connectivity index is 1.71. The lowest BCUT2D eigenvalue weighted by Crippen LogP contribution is -2.51. The van der Waals surface area contributed by atoms with Crippen LogP contribution in [-0.4, -0.2) is 72.4 Å². The third-order valence-electron chi connectivity index (χ3n) is 4.43. The number of β-amino-alcohol motifs (C(OH)–C–C–N with tert-alkyl or cyclic N) is 1. The zero-order valence-corrected chi connectivity index (χ0v) is 12.6. The Morgan fingerprint density at radius 1 is 1.20 bits per heavy atom. The van der Waals surface area contributed by atoms with E-state index in [1.165, 1.54) is 12.8 Å². The Labute approximate surface area is 121 Å². The van der Waals surface area contributed by atoms with Crippen molar-refractivity contribution >= 4 is 5.91 Å². The summed E-state index contributed by atoms with van der Waals surface area (Å²) in [6.45, 7) is 7.44. The van der Waals surface area contributed by atoms with Gasteiger partial charge in [0.05, 0.1) is 18.6 Å². The lowest BCUT2D eigenvalue weighted by molar-refractivity contribution is -0.137. The van der Waals surface area contributed by atoms with Crippen LogP contribution in [-0.2, 0) is 9.53 Å². The smallest absolute Gasteiger partial charge is 0.224 e. The Kier molecular flexibility index (Phi) is 5.81. The highest BCUT2D eigenvalue weighted by Gasteiger charge is 2.35. The molecule has 2 fully saturated rings. The van der Waals surface area contributed by atoms with Gasteiger partial charge in [0.1, 0.15) is 0 Å². The number of nitrogens with zero attached hydrogens (tertiary/aromatic N) is 2. The molecule has 0 aromatic heterocycles. The summed E-state index contributed by atoms with van der Waals surface area (Å²) in [5.74, 6) is 0.154. The van der Waals surface area contributed by atoms with Crippen molar-refractivity contribution in [3.8, 4) is 0 Å². The van der Waals surface area contributed by atoms with Gasteiger partial charge in [0.2, 0.25) is 5.91 Å². The van der Waals surface area contributed by atoms with Crippen molar-refractivity contribution in [1.82, 2.24) is 9.80 Å². The fraction of sp³-hybridized carbons (Fsp3) is 0.933. The van der Waals surface area contributed by atoms with Crippen LogP contribution in [0.1, 0.15) is 39.0 Å². The van der Waals surface area contributed by atoms with Crippen LogP contribution in [0.5, 0.6) is 0 Å². The van der Waals surface area contributed by atoms with Gasteiger partial charge in [0.15, 0.2) is 0 Å². The van der Waals surface area contributed by atoms with Crippen molar-refractivity contribution in [1.29, 1.82) is 0 Å². The Bertz CT molecular complexity index is 308. The minimum absolute atomic E-state index is 0.154. The first-order valence-electron chi connectivity index (χ1n) is 7.93. The molecular weight excluding hydrogens is 256 g/mol. The van der Waals surface area contributed by atoms with Crippen molar-refractivity contribution in [2.75, 3.05) is 45.9 Å². The zero-order valence-electron chi connectivity index (χ0n) is 12.6. The highest BCUT2D eigenvalue weighted by molar-refractivity contribution is 5.76. The van der Waals surface area contributed by atoms with Crippen molar-refractivity contribution in [3.63, 3.8) is 0 Å². The maximum Gasteiger partial charge on any atom is 0.224 e. The molecule has 1 amide bonds. The van der Waals surface area contributed by atoms with Crippen LogP contribution in [0.25, 0.3) is 0 Å². The molecule has 0 aliphatic carbocycles. The largest absolute Gasteiger partial charge is 0.388 e. The van der Waals surface area contributed by atoms with Gasteiger partial charge in [0.25, 0.3) is 0 Å². The van der Waals surface area contributed by atoms with Crippen molar-refractivity contribution in [3.05, 3.63) is 0 Å². The van der Waals surface area contributed by atoms with E-state index in [1.54, 1.807) is 0 Å². The molecule has 0 saturated carbocycles. The van der Waals surface area contributed by atoms with Crippen LogP contribution in [0.4, 0.5) is 0 Å². The highest BCUT2D eigenvalue weighted by Crippen LogP contribution is 2.25. The normalized spacial score (nSPS) is 23.2. The predicted molar refractivity (Wildman–Crippen MR) is 77.5 cm³/mol. The number of carbonyl (C=O) groups is 1. The number of carbonyl (C=O) groups excluding carboxylic acids is 1. The van der Waals surface area contributed by atoms with Gasteiger partial charge in [-0.3, -0.25) is 4.79 Å². The lowest BCUT2D eigenvalue weighted by Gasteiger charge is -2.40. The van der Waals surface area contributed by atoms with Gasteiger partial charge in [0, 0.05) is 26.2 Å². The Hall–Kier alpha value is -0.650. The highest BCUT2D eigenvalue weighted by atomic mass is 16.5. The molecule has 0 radical (unpaired) electrons. The molecule has 0 aromatic rings. The molecule has 0 bridgehead atoms. The van der Waals surface area contributed by atoms with E-state index in [4.69, 9.17) is 4.74 Å². The third-order valence-corrected chi connectivity index (χ3v) is 4.43. The van der Waals surface area contributed by atoms with Gasteiger partial charge in [-0.05, 0) is 45.7 Å². The average molecular weight is 284 g/mol. The fourth-order valence-corrected chi connectivity index (χ4v) is 3.15. The van der Waals surface area contributed by atoms with Gasteiger partial charge in [-0.15, -0.1) is 0 Å². The molecule has 20 heavy (non-hydrogen) atoms. The summed E-state index contributed by atoms with van der Waals surface area (Å²) >= 11 is 0. The SMILES string of the molecule is CCOCCC(=O)N1CCC(O)(CN2CCCC2)CC1. The van der Waals surface area contributed by atoms with E-state index in [9.17, 15) is 9.90 Å². The third kappa shape index (κ3) is 4.43. The van der Waals surface area contributed by atoms with Gasteiger partial charge in [-0.25, -0.2) is 0 Å². The summed E-state index contributed by atoms with van der Waals surface area (Å²) in [6, 6.07) is 0. The maximum atomic E-state index is 12.0. The number of rotatable bonds is 6. The van der Waals surface area contributed by atoms with E-state index >= 15 is 0 Å². The summed E-state index contributed by atoms with van der Waals surface area (Å²) in [4.78, 5) is 16.2. The lowest BCUT2D eigenvalue weighted by atomic mass is 9.90. The first kappa shape index (κ1) is 15.7. The second-order valence-electron chi connectivity index (χ2n) is 6.04. The summed E-state index contributed by atoms with van der Waals surface area (Å²) in [7, 11) is 0. The minimum Gasteiger partial charge on any atom is -0.388 e. The molecule has 5 heteroatoms. The van der Waals surface area contributed by atoms with Crippen LogP contribution >= 0.6 is 0 Å². The van der Waals surface area contributed by atoms with E-state index in [0.29, 0.717) is 45.6 Å². The molecule has 1 N–H and O–H groups in total. The molecule has 2 rings (SSSR count). The number of hydrogen-bond acceptors (Lipinski definition) is 4. The van der Waals surface area contributed by atoms with Crippen LogP contribution < -0.4 is 0 Å². The summed E-state index contributed by atoms with van der Waals surface area (Å²) < 4.78 is 5.22. The van der Waals surface area contributed by atoms with Crippen LogP contribution in [0.15, 0.2) is 0 Å². The van der Waals surface area contributed by atoms with E-state index in [1.807, 2.05) is 11.8 Å². The van der Waals surface area contributed by atoms with Crippen molar-refractivity contribution < 1.29 is 14.6 Å². The number of aliphatic hydroxyl groups is 1. The number of ether oxygens (including phenoxy) is 1. The molecule has 0 unspecified atom stereocenters. The van der Waals surface area contributed by atoms with Gasteiger partial charge in [-0.1, -0.05) is 0 Å². The van der Waals surface area contributed by atoms with Gasteiger partial charge >= 0.3 is 0 Å². The number of hydrogen-bond donors (Lipinski definition) is 1. The van der Waals surface area contributed by atoms with E-state index < -0.39 is 5.60 Å². The number of piperidine rings is 1. The van der Waals surface area contributed by atoms with Crippen molar-refractivity contribution in [2.45, 2.75) is 44.6 Å². The topological polar surface area (TPSA) is 53.0 Å². The molecule has 0 atom stereocenters. The molecule has 116 valence electrons. The second kappa shape index (κ2) is 7.38. The monoisotopic (exact) mass is 284 g/mol. The molecule has 2 aliphatic heterocycles. The van der Waals surface area contributed by atoms with E-state index in [0.717, 1.165) is 19.6 Å². The number of amides is 1. The van der Waals surface area contributed by atoms with E-state index in [-0.39, 0.29) is 5.91 Å². The number of likely N-dealkylation sites (tertiary alicyclic amines) is 2. The molecule has 2 aliphatic rings. The van der Waals surface area contributed by atoms with Gasteiger partial charge < -0.3 is 19.6 Å². The summed E-state index contributed by atoms with van der Waals surface area (Å²) in [6.07, 6.45) is 4.35. The van der Waals surface area contributed by atoms with Crippen LogP contribution in [0, 0.1) is 0 Å². The molecular formula is C15H28N2O3. The van der Waals surface area contributed by atoms with Gasteiger partial charge in [-0.2, -0.15) is 0 Å². The Morgan fingerprint density at radius 3 is 2.45 bits per heavy atom. The first-order chi connectivity index (χ1) is 9.63. The fourth-order valence-electron chi connectivity index (χ4n) is 3.15. The van der Waals surface area contributed by atoms with Crippen LogP contribution in [0.2, 0.25) is 0 Å². The summed E-state index contributed by atoms with van der Waals surface area (Å²) in [5.41, 5.74) is -0.596. The minimum atomic E-state index is -0.596. The molecule has 5 nitrogen and oxygen atoms in total. The van der Waals surface area contributed by atoms with Crippen molar-refractivity contribution in [2.24, 2.45) is 0 Å². The molecule has 0 aromatic carbocycles. The molecule has 0 spiro atoms. The zero-order chi connectivity index (χ0) is 14.4. The van der Waals surface area contributed by atoms with Crippen LogP contribution in [0.3, 0.4) is 0 Å². The second-order valence-corrected chi connectivity index (χ2v) is 6.04. The first-order valence-corrected chi connectivity index (χ1v) is 7.93. The maximum absolute atomic E-state index is 12.0.